The van der Waals surface area contributed by atoms with Crippen molar-refractivity contribution in [2.75, 3.05) is 7.05 Å². The highest BCUT2D eigenvalue weighted by atomic mass is 16.2. The first-order valence-electron chi connectivity index (χ1n) is 7.52. The SMILES string of the molecule is CN(C(=O)c1ccc2ncccc2c1)C1CCC(N)CC1. The van der Waals surface area contributed by atoms with E-state index in [1.807, 2.05) is 42.3 Å². The van der Waals surface area contributed by atoms with Crippen molar-refractivity contribution >= 4 is 16.8 Å². The number of rotatable bonds is 2. The summed E-state index contributed by atoms with van der Waals surface area (Å²) in [6.07, 6.45) is 5.77. The molecule has 2 N–H and O–H groups in total. The predicted molar refractivity (Wildman–Crippen MR) is 84.1 cm³/mol. The molecule has 1 heterocycles. The Bertz CT molecular complexity index is 647. The molecule has 0 radical (unpaired) electrons. The first-order chi connectivity index (χ1) is 10.1. The molecule has 1 aromatic carbocycles. The van der Waals surface area contributed by atoms with Crippen molar-refractivity contribution in [1.82, 2.24) is 9.88 Å². The molecule has 1 amide bonds. The molecule has 3 rings (SSSR count). The van der Waals surface area contributed by atoms with Crippen LogP contribution in [-0.2, 0) is 0 Å². The second-order valence-electron chi connectivity index (χ2n) is 5.90. The molecular formula is C17H21N3O. The van der Waals surface area contributed by atoms with Gasteiger partial charge in [-0.1, -0.05) is 6.07 Å². The Morgan fingerprint density at radius 1 is 1.24 bits per heavy atom. The molecule has 4 nitrogen and oxygen atoms in total. The predicted octanol–water partition coefficient (Wildman–Crippen LogP) is 2.58. The maximum Gasteiger partial charge on any atom is 0.253 e. The fourth-order valence-corrected chi connectivity index (χ4v) is 3.07. The van der Waals surface area contributed by atoms with Crippen molar-refractivity contribution in [1.29, 1.82) is 0 Å². The van der Waals surface area contributed by atoms with Crippen LogP contribution in [-0.4, -0.2) is 34.9 Å². The molecule has 0 spiro atoms. The van der Waals surface area contributed by atoms with Crippen LogP contribution in [0.25, 0.3) is 10.9 Å². The standard InChI is InChI=1S/C17H21N3O/c1-20(15-7-5-14(18)6-8-15)17(21)13-4-9-16-12(11-13)3-2-10-19-16/h2-4,9-11,14-15H,5-8,18H2,1H3. The van der Waals surface area contributed by atoms with Gasteiger partial charge in [0.2, 0.25) is 0 Å². The number of nitrogens with zero attached hydrogens (tertiary/aromatic N) is 2. The maximum absolute atomic E-state index is 12.6. The lowest BCUT2D eigenvalue weighted by atomic mass is 9.90. The molecule has 0 unspecified atom stereocenters. The minimum Gasteiger partial charge on any atom is -0.339 e. The van der Waals surface area contributed by atoms with Crippen LogP contribution in [0, 0.1) is 0 Å². The van der Waals surface area contributed by atoms with Crippen LogP contribution >= 0.6 is 0 Å². The molecule has 1 aliphatic rings. The van der Waals surface area contributed by atoms with E-state index in [1.165, 1.54) is 0 Å². The van der Waals surface area contributed by atoms with Gasteiger partial charge in [0.25, 0.3) is 5.91 Å². The van der Waals surface area contributed by atoms with Crippen molar-refractivity contribution in [2.45, 2.75) is 37.8 Å². The zero-order chi connectivity index (χ0) is 14.8. The van der Waals surface area contributed by atoms with Crippen LogP contribution in [0.3, 0.4) is 0 Å². The first kappa shape index (κ1) is 14.0. The number of carbonyl (C=O) groups is 1. The summed E-state index contributed by atoms with van der Waals surface area (Å²) in [5.74, 6) is 0.0845. The van der Waals surface area contributed by atoms with Gasteiger partial charge in [-0.2, -0.15) is 0 Å². The normalized spacial score (nSPS) is 22.2. The fraction of sp³-hybridized carbons (Fsp3) is 0.412. The van der Waals surface area contributed by atoms with Crippen molar-refractivity contribution in [3.8, 4) is 0 Å². The van der Waals surface area contributed by atoms with Crippen LogP contribution in [0.15, 0.2) is 36.5 Å². The fourth-order valence-electron chi connectivity index (χ4n) is 3.07. The summed E-state index contributed by atoms with van der Waals surface area (Å²) in [6, 6.07) is 10.2. The van der Waals surface area contributed by atoms with E-state index in [4.69, 9.17) is 5.73 Å². The number of nitrogens with two attached hydrogens (primary N) is 1. The zero-order valence-corrected chi connectivity index (χ0v) is 12.3. The average Bonchev–Trinajstić information content (AvgIpc) is 2.54. The molecule has 1 aliphatic carbocycles. The lowest BCUT2D eigenvalue weighted by Gasteiger charge is -2.33. The minimum absolute atomic E-state index is 0.0845. The third kappa shape index (κ3) is 2.90. The second kappa shape index (κ2) is 5.82. The summed E-state index contributed by atoms with van der Waals surface area (Å²) in [5, 5.41) is 1.00. The van der Waals surface area contributed by atoms with Crippen molar-refractivity contribution in [2.24, 2.45) is 5.73 Å². The molecule has 1 saturated carbocycles. The third-order valence-electron chi connectivity index (χ3n) is 4.46. The van der Waals surface area contributed by atoms with Gasteiger partial charge in [0.05, 0.1) is 5.52 Å². The van der Waals surface area contributed by atoms with Crippen molar-refractivity contribution < 1.29 is 4.79 Å². The van der Waals surface area contributed by atoms with E-state index in [1.54, 1.807) is 6.20 Å². The molecular weight excluding hydrogens is 262 g/mol. The van der Waals surface area contributed by atoms with Crippen LogP contribution in [0.1, 0.15) is 36.0 Å². The second-order valence-corrected chi connectivity index (χ2v) is 5.90. The maximum atomic E-state index is 12.6. The number of hydrogen-bond acceptors (Lipinski definition) is 3. The van der Waals surface area contributed by atoms with Gasteiger partial charge in [-0.05, 0) is 49.9 Å². The molecule has 4 heteroatoms. The molecule has 0 saturated heterocycles. The summed E-state index contributed by atoms with van der Waals surface area (Å²) in [6.45, 7) is 0. The summed E-state index contributed by atoms with van der Waals surface area (Å²) in [7, 11) is 1.90. The Morgan fingerprint density at radius 3 is 2.76 bits per heavy atom. The number of amides is 1. The van der Waals surface area contributed by atoms with Gasteiger partial charge < -0.3 is 10.6 Å². The molecule has 0 aliphatic heterocycles. The molecule has 110 valence electrons. The van der Waals surface area contributed by atoms with E-state index in [0.717, 1.165) is 42.1 Å². The molecule has 1 fully saturated rings. The van der Waals surface area contributed by atoms with E-state index < -0.39 is 0 Å². The van der Waals surface area contributed by atoms with E-state index in [0.29, 0.717) is 12.1 Å². The minimum atomic E-state index is 0.0845. The molecule has 1 aromatic heterocycles. The Kier molecular flexibility index (Phi) is 3.88. The number of hydrogen-bond donors (Lipinski definition) is 1. The van der Waals surface area contributed by atoms with Gasteiger partial charge in [0.15, 0.2) is 0 Å². The largest absolute Gasteiger partial charge is 0.339 e. The highest BCUT2D eigenvalue weighted by Gasteiger charge is 2.25. The Morgan fingerprint density at radius 2 is 2.00 bits per heavy atom. The summed E-state index contributed by atoms with van der Waals surface area (Å²) < 4.78 is 0. The van der Waals surface area contributed by atoms with Crippen LogP contribution < -0.4 is 5.73 Å². The Hall–Kier alpha value is -1.94. The topological polar surface area (TPSA) is 59.2 Å². The Balaban J connectivity index is 1.79. The monoisotopic (exact) mass is 283 g/mol. The van der Waals surface area contributed by atoms with Crippen LogP contribution in [0.4, 0.5) is 0 Å². The number of fused-ring (bicyclic) bond motifs is 1. The summed E-state index contributed by atoms with van der Waals surface area (Å²) >= 11 is 0. The van der Waals surface area contributed by atoms with Gasteiger partial charge in [-0.15, -0.1) is 0 Å². The van der Waals surface area contributed by atoms with Crippen molar-refractivity contribution in [3.05, 3.63) is 42.1 Å². The van der Waals surface area contributed by atoms with Crippen molar-refractivity contribution in [3.63, 3.8) is 0 Å². The molecule has 0 atom stereocenters. The zero-order valence-electron chi connectivity index (χ0n) is 12.3. The highest BCUT2D eigenvalue weighted by molar-refractivity contribution is 5.97. The van der Waals surface area contributed by atoms with Gasteiger partial charge in [0.1, 0.15) is 0 Å². The average molecular weight is 283 g/mol. The van der Waals surface area contributed by atoms with Gasteiger partial charge in [0, 0.05) is 36.3 Å². The van der Waals surface area contributed by atoms with E-state index >= 15 is 0 Å². The quantitative estimate of drug-likeness (QED) is 0.921. The van der Waals surface area contributed by atoms with Crippen LogP contribution in [0.2, 0.25) is 0 Å². The molecule has 21 heavy (non-hydrogen) atoms. The number of benzene rings is 1. The number of carbonyl (C=O) groups excluding carboxylic acids is 1. The van der Waals surface area contributed by atoms with E-state index in [9.17, 15) is 4.79 Å². The first-order valence-corrected chi connectivity index (χ1v) is 7.52. The van der Waals surface area contributed by atoms with Gasteiger partial charge >= 0.3 is 0 Å². The summed E-state index contributed by atoms with van der Waals surface area (Å²) in [4.78, 5) is 18.8. The smallest absolute Gasteiger partial charge is 0.253 e. The van der Waals surface area contributed by atoms with Crippen LogP contribution in [0.5, 0.6) is 0 Å². The Labute approximate surface area is 125 Å². The molecule has 0 bridgehead atoms. The van der Waals surface area contributed by atoms with E-state index in [-0.39, 0.29) is 5.91 Å². The van der Waals surface area contributed by atoms with Gasteiger partial charge in [-0.3, -0.25) is 9.78 Å². The molecule has 2 aromatic rings. The lowest BCUT2D eigenvalue weighted by molar-refractivity contribution is 0.0690. The van der Waals surface area contributed by atoms with E-state index in [2.05, 4.69) is 4.98 Å². The number of aromatic nitrogens is 1. The highest BCUT2D eigenvalue weighted by Crippen LogP contribution is 2.23. The summed E-state index contributed by atoms with van der Waals surface area (Å²) in [5.41, 5.74) is 7.58. The third-order valence-corrected chi connectivity index (χ3v) is 4.46. The number of pyridine rings is 1. The lowest BCUT2D eigenvalue weighted by Crippen LogP contribution is -2.41. The van der Waals surface area contributed by atoms with Gasteiger partial charge in [-0.25, -0.2) is 0 Å².